The molecule has 0 bridgehead atoms. The maximum absolute atomic E-state index is 5.45. The normalized spacial score (nSPS) is 21.2. The molecular formula is C12H22N4O. The van der Waals surface area contributed by atoms with Crippen LogP contribution in [0.1, 0.15) is 31.5 Å². The van der Waals surface area contributed by atoms with E-state index < -0.39 is 0 Å². The second-order valence-corrected chi connectivity index (χ2v) is 4.75. The number of hydrogen-bond acceptors (Lipinski definition) is 5. The predicted octanol–water partition coefficient (Wildman–Crippen LogP) is 0.845. The summed E-state index contributed by atoms with van der Waals surface area (Å²) in [5.74, 6) is 2.28. The summed E-state index contributed by atoms with van der Waals surface area (Å²) in [6.45, 7) is 6.40. The van der Waals surface area contributed by atoms with Crippen molar-refractivity contribution in [1.29, 1.82) is 0 Å². The van der Waals surface area contributed by atoms with Gasteiger partial charge in [0.25, 0.3) is 0 Å². The summed E-state index contributed by atoms with van der Waals surface area (Å²) in [5.41, 5.74) is 5.45. The van der Waals surface area contributed by atoms with Crippen LogP contribution in [0.15, 0.2) is 4.52 Å². The van der Waals surface area contributed by atoms with Gasteiger partial charge >= 0.3 is 0 Å². The van der Waals surface area contributed by atoms with Crippen molar-refractivity contribution in [2.45, 2.75) is 32.6 Å². The van der Waals surface area contributed by atoms with E-state index in [0.717, 1.165) is 37.5 Å². The van der Waals surface area contributed by atoms with E-state index in [1.54, 1.807) is 0 Å². The standard InChI is InChI=1S/C12H22N4O/c1-2-16-7-5-10(9-16)8-11-14-12(17-15-11)4-3-6-13/h10H,2-9,13H2,1H3. The van der Waals surface area contributed by atoms with Crippen molar-refractivity contribution in [3.05, 3.63) is 11.7 Å². The Bertz CT molecular complexity index is 339. The Kier molecular flexibility index (Phi) is 4.50. The molecule has 1 fully saturated rings. The van der Waals surface area contributed by atoms with E-state index in [1.807, 2.05) is 0 Å². The topological polar surface area (TPSA) is 68.2 Å². The molecule has 1 atom stereocenters. The molecule has 1 saturated heterocycles. The van der Waals surface area contributed by atoms with Gasteiger partial charge < -0.3 is 15.2 Å². The molecule has 17 heavy (non-hydrogen) atoms. The van der Waals surface area contributed by atoms with Crippen LogP contribution in [-0.2, 0) is 12.8 Å². The molecule has 1 aromatic heterocycles. The lowest BCUT2D eigenvalue weighted by atomic mass is 10.1. The lowest BCUT2D eigenvalue weighted by molar-refractivity contribution is 0.337. The van der Waals surface area contributed by atoms with E-state index in [1.165, 1.54) is 19.5 Å². The third kappa shape index (κ3) is 3.51. The number of likely N-dealkylation sites (tertiary alicyclic amines) is 1. The molecule has 96 valence electrons. The summed E-state index contributed by atoms with van der Waals surface area (Å²) < 4.78 is 5.20. The predicted molar refractivity (Wildman–Crippen MR) is 65.6 cm³/mol. The molecule has 1 aromatic rings. The molecule has 0 radical (unpaired) electrons. The van der Waals surface area contributed by atoms with Crippen LogP contribution in [0.2, 0.25) is 0 Å². The number of hydrogen-bond donors (Lipinski definition) is 1. The first-order valence-electron chi connectivity index (χ1n) is 6.55. The molecule has 5 nitrogen and oxygen atoms in total. The van der Waals surface area contributed by atoms with Gasteiger partial charge in [0.05, 0.1) is 0 Å². The van der Waals surface area contributed by atoms with Crippen molar-refractivity contribution in [3.63, 3.8) is 0 Å². The molecule has 0 saturated carbocycles. The molecule has 1 aliphatic rings. The van der Waals surface area contributed by atoms with Crippen LogP contribution >= 0.6 is 0 Å². The third-order valence-corrected chi connectivity index (χ3v) is 3.39. The molecule has 2 N–H and O–H groups in total. The Hall–Kier alpha value is -0.940. The van der Waals surface area contributed by atoms with Crippen molar-refractivity contribution in [2.75, 3.05) is 26.2 Å². The number of nitrogens with two attached hydrogens (primary N) is 1. The maximum atomic E-state index is 5.45. The summed E-state index contributed by atoms with van der Waals surface area (Å²) in [6, 6.07) is 0. The summed E-state index contributed by atoms with van der Waals surface area (Å²) in [6.07, 6.45) is 3.91. The fraction of sp³-hybridized carbons (Fsp3) is 0.833. The molecule has 5 heteroatoms. The highest BCUT2D eigenvalue weighted by Gasteiger charge is 2.23. The van der Waals surface area contributed by atoms with Gasteiger partial charge in [-0.3, -0.25) is 0 Å². The Balaban J connectivity index is 1.80. The average molecular weight is 238 g/mol. The van der Waals surface area contributed by atoms with Gasteiger partial charge in [-0.1, -0.05) is 12.1 Å². The lowest BCUT2D eigenvalue weighted by Gasteiger charge is -2.11. The second kappa shape index (κ2) is 6.12. The fourth-order valence-corrected chi connectivity index (χ4v) is 2.35. The summed E-state index contributed by atoms with van der Waals surface area (Å²) in [5, 5.41) is 4.04. The molecule has 0 spiro atoms. The molecular weight excluding hydrogens is 216 g/mol. The summed E-state index contributed by atoms with van der Waals surface area (Å²) in [7, 11) is 0. The zero-order chi connectivity index (χ0) is 12.1. The minimum atomic E-state index is 0.672. The van der Waals surface area contributed by atoms with Crippen molar-refractivity contribution in [2.24, 2.45) is 11.7 Å². The van der Waals surface area contributed by atoms with E-state index in [0.29, 0.717) is 12.5 Å². The van der Waals surface area contributed by atoms with Crippen LogP contribution in [0.3, 0.4) is 0 Å². The lowest BCUT2D eigenvalue weighted by Crippen LogP contribution is -2.20. The SMILES string of the molecule is CCN1CCC(Cc2noc(CCCN)n2)C1. The summed E-state index contributed by atoms with van der Waals surface area (Å²) >= 11 is 0. The van der Waals surface area contributed by atoms with E-state index >= 15 is 0 Å². The van der Waals surface area contributed by atoms with Gasteiger partial charge in [0, 0.05) is 19.4 Å². The van der Waals surface area contributed by atoms with E-state index in [9.17, 15) is 0 Å². The highest BCUT2D eigenvalue weighted by Crippen LogP contribution is 2.19. The first-order chi connectivity index (χ1) is 8.31. The Morgan fingerprint density at radius 2 is 2.41 bits per heavy atom. The molecule has 2 rings (SSSR count). The van der Waals surface area contributed by atoms with Gasteiger partial charge in [0.1, 0.15) is 0 Å². The van der Waals surface area contributed by atoms with Crippen LogP contribution in [0, 0.1) is 5.92 Å². The van der Waals surface area contributed by atoms with Crippen LogP contribution in [0.5, 0.6) is 0 Å². The van der Waals surface area contributed by atoms with E-state index in [2.05, 4.69) is 22.0 Å². The number of aryl methyl sites for hydroxylation is 1. The van der Waals surface area contributed by atoms with Crippen LogP contribution in [0.25, 0.3) is 0 Å². The molecule has 2 heterocycles. The van der Waals surface area contributed by atoms with Crippen LogP contribution in [-0.4, -0.2) is 41.2 Å². The monoisotopic (exact) mass is 238 g/mol. The zero-order valence-corrected chi connectivity index (χ0v) is 10.6. The van der Waals surface area contributed by atoms with Gasteiger partial charge in [-0.25, -0.2) is 0 Å². The quantitative estimate of drug-likeness (QED) is 0.795. The van der Waals surface area contributed by atoms with Crippen LogP contribution in [0.4, 0.5) is 0 Å². The minimum absolute atomic E-state index is 0.672. The molecule has 1 aliphatic heterocycles. The van der Waals surface area contributed by atoms with E-state index in [4.69, 9.17) is 10.3 Å². The highest BCUT2D eigenvalue weighted by atomic mass is 16.5. The first kappa shape index (κ1) is 12.5. The molecule has 0 amide bonds. The third-order valence-electron chi connectivity index (χ3n) is 3.39. The van der Waals surface area contributed by atoms with Gasteiger partial charge in [0.2, 0.25) is 5.89 Å². The van der Waals surface area contributed by atoms with Crippen molar-refractivity contribution >= 4 is 0 Å². The first-order valence-corrected chi connectivity index (χ1v) is 6.55. The van der Waals surface area contributed by atoms with E-state index in [-0.39, 0.29) is 0 Å². The van der Waals surface area contributed by atoms with Gasteiger partial charge in [0.15, 0.2) is 5.82 Å². The maximum Gasteiger partial charge on any atom is 0.226 e. The minimum Gasteiger partial charge on any atom is -0.339 e. The fourth-order valence-electron chi connectivity index (χ4n) is 2.35. The smallest absolute Gasteiger partial charge is 0.226 e. The average Bonchev–Trinajstić information content (AvgIpc) is 2.96. The molecule has 0 aromatic carbocycles. The number of aromatic nitrogens is 2. The van der Waals surface area contributed by atoms with Gasteiger partial charge in [-0.2, -0.15) is 4.98 Å². The van der Waals surface area contributed by atoms with Crippen LogP contribution < -0.4 is 5.73 Å². The van der Waals surface area contributed by atoms with Crippen molar-refractivity contribution < 1.29 is 4.52 Å². The number of rotatable bonds is 6. The summed E-state index contributed by atoms with van der Waals surface area (Å²) in [4.78, 5) is 6.88. The zero-order valence-electron chi connectivity index (χ0n) is 10.6. The van der Waals surface area contributed by atoms with Gasteiger partial charge in [-0.05, 0) is 38.4 Å². The largest absolute Gasteiger partial charge is 0.339 e. The van der Waals surface area contributed by atoms with Crippen molar-refractivity contribution in [3.8, 4) is 0 Å². The van der Waals surface area contributed by atoms with Gasteiger partial charge in [-0.15, -0.1) is 0 Å². The van der Waals surface area contributed by atoms with Crippen molar-refractivity contribution in [1.82, 2.24) is 15.0 Å². The Morgan fingerprint density at radius 3 is 3.12 bits per heavy atom. The molecule has 1 unspecified atom stereocenters. The Labute approximate surface area is 102 Å². The number of nitrogens with zero attached hydrogens (tertiary/aromatic N) is 3. The Morgan fingerprint density at radius 1 is 1.53 bits per heavy atom. The molecule has 0 aliphatic carbocycles. The highest BCUT2D eigenvalue weighted by molar-refractivity contribution is 4.91. The second-order valence-electron chi connectivity index (χ2n) is 4.75.